The molecule has 2 atom stereocenters. The monoisotopic (exact) mass is 393 g/mol. The van der Waals surface area contributed by atoms with Crippen LogP contribution in [-0.4, -0.2) is 56.4 Å². The number of hydrogen-bond donors (Lipinski definition) is 2. The van der Waals surface area contributed by atoms with Crippen LogP contribution in [-0.2, 0) is 14.3 Å². The van der Waals surface area contributed by atoms with E-state index in [2.05, 4.69) is 27.3 Å². The van der Waals surface area contributed by atoms with Crippen LogP contribution in [0.2, 0.25) is 5.02 Å². The number of benzene rings is 1. The molecule has 1 amide bonds. The smallest absolute Gasteiger partial charge is 0.328 e. The third kappa shape index (κ3) is 5.60. The predicted octanol–water partition coefficient (Wildman–Crippen LogP) is 1.72. The van der Waals surface area contributed by atoms with Gasteiger partial charge in [0.05, 0.1) is 13.2 Å². The number of nitrogens with one attached hydrogen (secondary N) is 1. The highest BCUT2D eigenvalue weighted by atomic mass is 35.5. The van der Waals surface area contributed by atoms with Crippen molar-refractivity contribution in [2.24, 2.45) is 0 Å². The summed E-state index contributed by atoms with van der Waals surface area (Å²) in [5.74, 6) is -1.40. The maximum atomic E-state index is 12.5. The highest BCUT2D eigenvalue weighted by Gasteiger charge is 2.27. The summed E-state index contributed by atoms with van der Waals surface area (Å²) >= 11 is 5.86. The number of ether oxygens (including phenoxy) is 1. The second-order valence-electron chi connectivity index (χ2n) is 5.59. The van der Waals surface area contributed by atoms with Crippen LogP contribution in [0.25, 0.3) is 11.4 Å². The molecule has 0 radical (unpaired) electrons. The second-order valence-corrected chi connectivity index (χ2v) is 6.03. The van der Waals surface area contributed by atoms with E-state index in [1.165, 1.54) is 10.9 Å². The molecule has 144 valence electrons. The lowest BCUT2D eigenvalue weighted by molar-refractivity contribution is -0.144. The number of nitrogens with zero attached hydrogens (tertiary/aromatic N) is 4. The van der Waals surface area contributed by atoms with Crippen LogP contribution < -0.4 is 5.32 Å². The number of carbonyl (C=O) groups is 2. The van der Waals surface area contributed by atoms with Gasteiger partial charge in [0.25, 0.3) is 0 Å². The number of rotatable bonds is 10. The van der Waals surface area contributed by atoms with Crippen molar-refractivity contribution in [2.45, 2.75) is 25.4 Å². The van der Waals surface area contributed by atoms with E-state index < -0.39 is 24.0 Å². The van der Waals surface area contributed by atoms with Gasteiger partial charge in [-0.15, -0.1) is 16.8 Å². The summed E-state index contributed by atoms with van der Waals surface area (Å²) in [4.78, 5) is 25.0. The number of carboxylic acids is 1. The molecule has 0 bridgehead atoms. The Kier molecular flexibility index (Phi) is 7.44. The number of carbonyl (C=O) groups excluding carboxylic acids is 1. The molecule has 0 saturated carbocycles. The highest BCUT2D eigenvalue weighted by Crippen LogP contribution is 2.18. The molecule has 10 heteroatoms. The van der Waals surface area contributed by atoms with E-state index in [0.29, 0.717) is 22.8 Å². The molecule has 2 aromatic rings. The fraction of sp³-hybridized carbons (Fsp3) is 0.353. The molecular weight excluding hydrogens is 374 g/mol. The summed E-state index contributed by atoms with van der Waals surface area (Å²) in [5.41, 5.74) is 0.696. The first-order valence-electron chi connectivity index (χ1n) is 8.23. The van der Waals surface area contributed by atoms with Crippen LogP contribution in [0.1, 0.15) is 19.4 Å². The Labute approximate surface area is 161 Å². The Morgan fingerprint density at radius 1 is 1.41 bits per heavy atom. The van der Waals surface area contributed by atoms with Gasteiger partial charge in [-0.25, -0.2) is 4.79 Å². The Bertz CT molecular complexity index is 793. The summed E-state index contributed by atoms with van der Waals surface area (Å²) in [6.07, 6.45) is 1.84. The number of aromatic nitrogens is 4. The summed E-state index contributed by atoms with van der Waals surface area (Å²) in [5, 5.41) is 24.4. The van der Waals surface area contributed by atoms with Gasteiger partial charge in [0.1, 0.15) is 0 Å². The van der Waals surface area contributed by atoms with Crippen molar-refractivity contribution < 1.29 is 19.4 Å². The second kappa shape index (κ2) is 9.79. The van der Waals surface area contributed by atoms with E-state index in [1.807, 2.05) is 0 Å². The van der Waals surface area contributed by atoms with Gasteiger partial charge in [-0.05, 0) is 35.9 Å². The molecule has 27 heavy (non-hydrogen) atoms. The van der Waals surface area contributed by atoms with Crippen molar-refractivity contribution in [3.05, 3.63) is 41.9 Å². The van der Waals surface area contributed by atoms with Gasteiger partial charge in [-0.1, -0.05) is 24.6 Å². The molecule has 0 fully saturated rings. The predicted molar refractivity (Wildman–Crippen MR) is 98.2 cm³/mol. The van der Waals surface area contributed by atoms with Crippen molar-refractivity contribution in [1.82, 2.24) is 25.5 Å². The number of tetrazole rings is 1. The summed E-state index contributed by atoms with van der Waals surface area (Å²) < 4.78 is 5.12. The Hall–Kier alpha value is -2.78. The van der Waals surface area contributed by atoms with Gasteiger partial charge in [0, 0.05) is 10.6 Å². The fourth-order valence-electron chi connectivity index (χ4n) is 2.24. The number of aliphatic carboxylic acids is 1. The van der Waals surface area contributed by atoms with Crippen LogP contribution in [0.3, 0.4) is 0 Å². The normalized spacial score (nSPS) is 13.0. The van der Waals surface area contributed by atoms with Crippen LogP contribution in [0.4, 0.5) is 0 Å². The first kappa shape index (κ1) is 20.5. The zero-order chi connectivity index (χ0) is 19.8. The Morgan fingerprint density at radius 3 is 2.70 bits per heavy atom. The topological polar surface area (TPSA) is 119 Å². The van der Waals surface area contributed by atoms with E-state index in [9.17, 15) is 14.7 Å². The lowest BCUT2D eigenvalue weighted by Gasteiger charge is -2.18. The molecule has 2 unspecified atom stereocenters. The maximum Gasteiger partial charge on any atom is 0.328 e. The molecule has 1 aromatic carbocycles. The highest BCUT2D eigenvalue weighted by molar-refractivity contribution is 6.30. The van der Waals surface area contributed by atoms with E-state index in [1.54, 1.807) is 31.2 Å². The van der Waals surface area contributed by atoms with Gasteiger partial charge in [0.15, 0.2) is 12.1 Å². The van der Waals surface area contributed by atoms with Gasteiger partial charge in [-0.2, -0.15) is 4.80 Å². The molecule has 1 aromatic heterocycles. The van der Waals surface area contributed by atoms with Crippen molar-refractivity contribution in [2.75, 3.05) is 13.2 Å². The standard InChI is InChI=1S/C17H20ClN5O4/c1-3-9-27-10-13(17(25)26)19-16(24)14(4-2)23-21-15(20-22-23)11-5-7-12(18)8-6-11/h3,5-8,13-14H,1,4,9-10H2,2H3,(H,19,24)(H,25,26). The van der Waals surface area contributed by atoms with Crippen molar-refractivity contribution >= 4 is 23.5 Å². The number of amides is 1. The molecule has 1 heterocycles. The van der Waals surface area contributed by atoms with Crippen molar-refractivity contribution in [1.29, 1.82) is 0 Å². The van der Waals surface area contributed by atoms with E-state index in [4.69, 9.17) is 16.3 Å². The summed E-state index contributed by atoms with van der Waals surface area (Å²) in [7, 11) is 0. The zero-order valence-electron chi connectivity index (χ0n) is 14.7. The van der Waals surface area contributed by atoms with Crippen molar-refractivity contribution in [3.63, 3.8) is 0 Å². The molecule has 0 aliphatic carbocycles. The Morgan fingerprint density at radius 2 is 2.11 bits per heavy atom. The molecule has 0 saturated heterocycles. The number of hydrogen-bond acceptors (Lipinski definition) is 6. The van der Waals surface area contributed by atoms with E-state index in [0.717, 1.165) is 0 Å². The Balaban J connectivity index is 2.10. The molecule has 0 spiro atoms. The zero-order valence-corrected chi connectivity index (χ0v) is 15.5. The average molecular weight is 394 g/mol. The van der Waals surface area contributed by atoms with E-state index in [-0.39, 0.29) is 13.2 Å². The average Bonchev–Trinajstić information content (AvgIpc) is 3.11. The minimum Gasteiger partial charge on any atom is -0.480 e. The number of carboxylic acid groups (broad SMARTS) is 1. The minimum atomic E-state index is -1.20. The van der Waals surface area contributed by atoms with Gasteiger partial charge in [-0.3, -0.25) is 4.79 Å². The summed E-state index contributed by atoms with van der Waals surface area (Å²) in [6.45, 7) is 5.26. The molecule has 2 rings (SSSR count). The molecule has 0 aliphatic rings. The lowest BCUT2D eigenvalue weighted by Crippen LogP contribution is -2.47. The lowest BCUT2D eigenvalue weighted by atomic mass is 10.2. The van der Waals surface area contributed by atoms with Crippen molar-refractivity contribution in [3.8, 4) is 11.4 Å². The third-order valence-electron chi connectivity index (χ3n) is 3.63. The molecule has 2 N–H and O–H groups in total. The molecule has 0 aliphatic heterocycles. The van der Waals surface area contributed by atoms with Gasteiger partial charge in [0.2, 0.25) is 11.7 Å². The summed E-state index contributed by atoms with van der Waals surface area (Å²) in [6, 6.07) is 4.88. The number of halogens is 1. The van der Waals surface area contributed by atoms with E-state index >= 15 is 0 Å². The SMILES string of the molecule is C=CCOCC(NC(=O)C(CC)n1nnc(-c2ccc(Cl)cc2)n1)C(=O)O. The van der Waals surface area contributed by atoms with Crippen LogP contribution >= 0.6 is 11.6 Å². The first-order chi connectivity index (χ1) is 13.0. The largest absolute Gasteiger partial charge is 0.480 e. The third-order valence-corrected chi connectivity index (χ3v) is 3.89. The fourth-order valence-corrected chi connectivity index (χ4v) is 2.36. The molecule has 9 nitrogen and oxygen atoms in total. The minimum absolute atomic E-state index is 0.176. The van der Waals surface area contributed by atoms with Gasteiger partial charge < -0.3 is 15.2 Å². The molecular formula is C17H20ClN5O4. The van der Waals surface area contributed by atoms with Crippen LogP contribution in [0.15, 0.2) is 36.9 Å². The first-order valence-corrected chi connectivity index (χ1v) is 8.61. The van der Waals surface area contributed by atoms with Gasteiger partial charge >= 0.3 is 5.97 Å². The van der Waals surface area contributed by atoms with Crippen LogP contribution in [0, 0.1) is 0 Å². The quantitative estimate of drug-likeness (QED) is 0.465. The maximum absolute atomic E-state index is 12.5. The van der Waals surface area contributed by atoms with Crippen LogP contribution in [0.5, 0.6) is 0 Å².